The zero-order valence-electron chi connectivity index (χ0n) is 18.4. The first-order valence-corrected chi connectivity index (χ1v) is 10.9. The van der Waals surface area contributed by atoms with Crippen molar-refractivity contribution in [3.05, 3.63) is 101 Å². The third kappa shape index (κ3) is 7.79. The number of ether oxygens (including phenoxy) is 2. The minimum Gasteiger partial charge on any atom is -0.434 e. The molecule has 0 radical (unpaired) electrons. The first-order chi connectivity index (χ1) is 16.4. The summed E-state index contributed by atoms with van der Waals surface area (Å²) in [5.41, 5.74) is 2.75. The minimum atomic E-state index is -0.795. The van der Waals surface area contributed by atoms with Crippen LogP contribution in [0.15, 0.2) is 78.9 Å². The molecule has 0 aromatic heterocycles. The zero-order chi connectivity index (χ0) is 24.3. The van der Waals surface area contributed by atoms with Crippen molar-refractivity contribution >= 4 is 41.3 Å². The van der Waals surface area contributed by atoms with Gasteiger partial charge >= 0.3 is 6.16 Å². The molecule has 0 spiro atoms. The number of benzene rings is 3. The van der Waals surface area contributed by atoms with Crippen LogP contribution in [0.3, 0.4) is 0 Å². The molecule has 0 saturated carbocycles. The Hall–Kier alpha value is -4.10. The summed E-state index contributed by atoms with van der Waals surface area (Å²) in [5.74, 6) is -0.252. The molecule has 0 aliphatic heterocycles. The molecule has 8 heteroatoms. The summed E-state index contributed by atoms with van der Waals surface area (Å²) < 4.78 is 9.67. The molecule has 0 atom stereocenters. The van der Waals surface area contributed by atoms with Crippen LogP contribution in [-0.2, 0) is 16.1 Å². The highest BCUT2D eigenvalue weighted by Gasteiger charge is 2.08. The van der Waals surface area contributed by atoms with E-state index in [1.165, 1.54) is 18.2 Å². The van der Waals surface area contributed by atoms with Gasteiger partial charge in [0.1, 0.15) is 5.75 Å². The fourth-order valence-corrected chi connectivity index (χ4v) is 3.07. The van der Waals surface area contributed by atoms with E-state index in [-0.39, 0.29) is 24.2 Å². The summed E-state index contributed by atoms with van der Waals surface area (Å²) in [5, 5.41) is 6.20. The van der Waals surface area contributed by atoms with Gasteiger partial charge in [0.15, 0.2) is 0 Å². The number of halogens is 1. The van der Waals surface area contributed by atoms with E-state index in [0.29, 0.717) is 22.8 Å². The van der Waals surface area contributed by atoms with Crippen LogP contribution in [0.2, 0.25) is 5.02 Å². The first-order valence-electron chi connectivity index (χ1n) is 10.5. The van der Waals surface area contributed by atoms with E-state index in [2.05, 4.69) is 10.6 Å². The van der Waals surface area contributed by atoms with Gasteiger partial charge in [0.25, 0.3) is 5.91 Å². The lowest BCUT2D eigenvalue weighted by atomic mass is 10.1. The maximum atomic E-state index is 12.4. The van der Waals surface area contributed by atoms with Crippen LogP contribution >= 0.6 is 11.6 Å². The quantitative estimate of drug-likeness (QED) is 0.255. The molecule has 0 unspecified atom stereocenters. The summed E-state index contributed by atoms with van der Waals surface area (Å²) in [6.07, 6.45) is 2.32. The first kappa shape index (κ1) is 24.5. The molecule has 0 fully saturated rings. The highest BCUT2D eigenvalue weighted by Crippen LogP contribution is 2.15. The van der Waals surface area contributed by atoms with Gasteiger partial charge in [-0.1, -0.05) is 35.9 Å². The van der Waals surface area contributed by atoms with Crippen molar-refractivity contribution in [1.82, 2.24) is 5.32 Å². The molecule has 174 valence electrons. The summed E-state index contributed by atoms with van der Waals surface area (Å²) in [6.45, 7) is 2.20. The van der Waals surface area contributed by atoms with Gasteiger partial charge in [-0.2, -0.15) is 0 Å². The number of carbonyl (C=O) groups is 3. The highest BCUT2D eigenvalue weighted by atomic mass is 35.5. The van der Waals surface area contributed by atoms with E-state index >= 15 is 0 Å². The number of amides is 2. The minimum absolute atomic E-state index is 0.216. The molecule has 3 aromatic carbocycles. The Kier molecular flexibility index (Phi) is 8.82. The van der Waals surface area contributed by atoms with E-state index in [1.54, 1.807) is 49.4 Å². The standard InChI is InChI=1S/C26H23ClN2O5/c1-2-33-26(32)34-23-13-9-20(10-14-23)25(31)28-17-19-6-11-22(12-7-19)29-24(30)15-8-18-4-3-5-21(27)16-18/h3-16H,2,17H2,1H3,(H,28,31)(H,29,30)/b15-8+. The van der Waals surface area contributed by atoms with E-state index in [1.807, 2.05) is 24.3 Å². The van der Waals surface area contributed by atoms with Crippen LogP contribution < -0.4 is 15.4 Å². The predicted molar refractivity (Wildman–Crippen MR) is 131 cm³/mol. The molecule has 0 aliphatic rings. The normalized spacial score (nSPS) is 10.5. The number of rotatable bonds is 8. The molecular formula is C26H23ClN2O5. The Labute approximate surface area is 202 Å². The third-order valence-corrected chi connectivity index (χ3v) is 4.77. The van der Waals surface area contributed by atoms with Crippen molar-refractivity contribution in [2.45, 2.75) is 13.5 Å². The lowest BCUT2D eigenvalue weighted by Crippen LogP contribution is -2.22. The molecule has 3 aromatic rings. The summed E-state index contributed by atoms with van der Waals surface area (Å²) in [6, 6.07) is 20.5. The largest absolute Gasteiger partial charge is 0.513 e. The second-order valence-corrected chi connectivity index (χ2v) is 7.50. The molecule has 2 amide bonds. The van der Waals surface area contributed by atoms with Crippen molar-refractivity contribution in [1.29, 1.82) is 0 Å². The smallest absolute Gasteiger partial charge is 0.434 e. The summed E-state index contributed by atoms with van der Waals surface area (Å²) in [4.78, 5) is 35.8. The maximum Gasteiger partial charge on any atom is 0.513 e. The average molecular weight is 479 g/mol. The lowest BCUT2D eigenvalue weighted by molar-refractivity contribution is -0.111. The lowest BCUT2D eigenvalue weighted by Gasteiger charge is -2.08. The Bertz CT molecular complexity index is 1170. The van der Waals surface area contributed by atoms with Crippen molar-refractivity contribution in [3.63, 3.8) is 0 Å². The zero-order valence-corrected chi connectivity index (χ0v) is 19.2. The number of carbonyl (C=O) groups excluding carboxylic acids is 3. The van der Waals surface area contributed by atoms with Crippen LogP contribution in [0.5, 0.6) is 5.75 Å². The Morgan fingerprint density at radius 3 is 2.38 bits per heavy atom. The Morgan fingerprint density at radius 1 is 0.971 bits per heavy atom. The fourth-order valence-electron chi connectivity index (χ4n) is 2.87. The molecule has 2 N–H and O–H groups in total. The van der Waals surface area contributed by atoms with Crippen LogP contribution in [-0.4, -0.2) is 24.6 Å². The number of hydrogen-bond acceptors (Lipinski definition) is 5. The average Bonchev–Trinajstić information content (AvgIpc) is 2.83. The molecule has 0 saturated heterocycles. The van der Waals surface area contributed by atoms with Crippen LogP contribution in [0.25, 0.3) is 6.08 Å². The summed E-state index contributed by atoms with van der Waals surface area (Å²) in [7, 11) is 0. The number of nitrogens with one attached hydrogen (secondary N) is 2. The molecule has 7 nitrogen and oxygen atoms in total. The monoisotopic (exact) mass is 478 g/mol. The van der Waals surface area contributed by atoms with E-state index in [4.69, 9.17) is 21.1 Å². The van der Waals surface area contributed by atoms with Gasteiger partial charge in [0, 0.05) is 28.9 Å². The van der Waals surface area contributed by atoms with Gasteiger partial charge < -0.3 is 20.1 Å². The molecule has 34 heavy (non-hydrogen) atoms. The molecule has 0 aliphatic carbocycles. The molecule has 3 rings (SSSR count). The predicted octanol–water partition coefficient (Wildman–Crippen LogP) is 5.46. The van der Waals surface area contributed by atoms with Gasteiger partial charge in [-0.05, 0) is 72.7 Å². The van der Waals surface area contributed by atoms with Crippen molar-refractivity contribution < 1.29 is 23.9 Å². The molecule has 0 bridgehead atoms. The van der Waals surface area contributed by atoms with Crippen molar-refractivity contribution in [2.75, 3.05) is 11.9 Å². The number of hydrogen-bond donors (Lipinski definition) is 2. The fraction of sp³-hybridized carbons (Fsp3) is 0.115. The van der Waals surface area contributed by atoms with Crippen molar-refractivity contribution in [3.8, 4) is 5.75 Å². The van der Waals surface area contributed by atoms with Crippen LogP contribution in [0.1, 0.15) is 28.4 Å². The topological polar surface area (TPSA) is 93.7 Å². The van der Waals surface area contributed by atoms with Gasteiger partial charge in [0.05, 0.1) is 6.61 Å². The van der Waals surface area contributed by atoms with E-state index < -0.39 is 6.16 Å². The summed E-state index contributed by atoms with van der Waals surface area (Å²) >= 11 is 5.94. The van der Waals surface area contributed by atoms with Crippen LogP contribution in [0.4, 0.5) is 10.5 Å². The molecule has 0 heterocycles. The van der Waals surface area contributed by atoms with E-state index in [0.717, 1.165) is 11.1 Å². The van der Waals surface area contributed by atoms with Crippen LogP contribution in [0, 0.1) is 0 Å². The SMILES string of the molecule is CCOC(=O)Oc1ccc(C(=O)NCc2ccc(NC(=O)/C=C/c3cccc(Cl)c3)cc2)cc1. The Morgan fingerprint density at radius 2 is 1.71 bits per heavy atom. The molecular weight excluding hydrogens is 456 g/mol. The van der Waals surface area contributed by atoms with Crippen molar-refractivity contribution in [2.24, 2.45) is 0 Å². The van der Waals surface area contributed by atoms with Gasteiger partial charge in [-0.15, -0.1) is 0 Å². The highest BCUT2D eigenvalue weighted by molar-refractivity contribution is 6.30. The Balaban J connectivity index is 1.47. The van der Waals surface area contributed by atoms with Gasteiger partial charge in [-0.25, -0.2) is 4.79 Å². The second-order valence-electron chi connectivity index (χ2n) is 7.07. The van der Waals surface area contributed by atoms with Gasteiger partial charge in [0.2, 0.25) is 5.91 Å². The number of anilines is 1. The van der Waals surface area contributed by atoms with E-state index in [9.17, 15) is 14.4 Å². The maximum absolute atomic E-state index is 12.4. The van der Waals surface area contributed by atoms with Gasteiger partial charge in [-0.3, -0.25) is 9.59 Å². The third-order valence-electron chi connectivity index (χ3n) is 4.53. The second kappa shape index (κ2) is 12.2.